The highest BCUT2D eigenvalue weighted by Gasteiger charge is 2.18. The average Bonchev–Trinajstić information content (AvgIpc) is 2.94. The summed E-state index contributed by atoms with van der Waals surface area (Å²) in [6.07, 6.45) is 4.91. The summed E-state index contributed by atoms with van der Waals surface area (Å²) in [5, 5.41) is 9.33. The Morgan fingerprint density at radius 1 is 1.19 bits per heavy atom. The van der Waals surface area contributed by atoms with E-state index in [-0.39, 0.29) is 6.04 Å². The van der Waals surface area contributed by atoms with Crippen LogP contribution in [0.5, 0.6) is 0 Å². The van der Waals surface area contributed by atoms with E-state index >= 15 is 0 Å². The molecule has 1 N–H and O–H groups in total. The summed E-state index contributed by atoms with van der Waals surface area (Å²) in [4.78, 5) is 4.57. The minimum absolute atomic E-state index is 0.0738. The first-order chi connectivity index (χ1) is 10.3. The van der Waals surface area contributed by atoms with Crippen LogP contribution in [0.1, 0.15) is 30.6 Å². The topological polar surface area (TPSA) is 42.7 Å². The van der Waals surface area contributed by atoms with E-state index in [1.54, 1.807) is 0 Å². The highest BCUT2D eigenvalue weighted by molar-refractivity contribution is 5.82. The highest BCUT2D eigenvalue weighted by Crippen LogP contribution is 2.26. The molecule has 2 aromatic heterocycles. The third kappa shape index (κ3) is 2.81. The number of nitrogens with one attached hydrogen (secondary N) is 1. The van der Waals surface area contributed by atoms with Crippen LogP contribution in [-0.4, -0.2) is 21.3 Å². The Balaban J connectivity index is 2.09. The summed E-state index contributed by atoms with van der Waals surface area (Å²) in [6, 6.07) is 12.5. The van der Waals surface area contributed by atoms with Gasteiger partial charge in [0.25, 0.3) is 0 Å². The largest absolute Gasteiger partial charge is 0.305 e. The van der Waals surface area contributed by atoms with Gasteiger partial charge in [-0.2, -0.15) is 5.10 Å². The molecule has 0 radical (unpaired) electrons. The molecule has 108 valence electrons. The Labute approximate surface area is 124 Å². The minimum atomic E-state index is 0.0738. The van der Waals surface area contributed by atoms with Crippen LogP contribution in [0.4, 0.5) is 0 Å². The molecule has 1 atom stereocenters. The van der Waals surface area contributed by atoms with Crippen LogP contribution >= 0.6 is 0 Å². The molecular weight excluding hydrogens is 260 g/mol. The third-order valence-corrected chi connectivity index (χ3v) is 3.60. The van der Waals surface area contributed by atoms with E-state index in [1.165, 1.54) is 5.56 Å². The van der Waals surface area contributed by atoms with Gasteiger partial charge in [-0.25, -0.2) is 0 Å². The van der Waals surface area contributed by atoms with Gasteiger partial charge in [0.15, 0.2) is 0 Å². The van der Waals surface area contributed by atoms with Gasteiger partial charge in [-0.15, -0.1) is 0 Å². The highest BCUT2D eigenvalue weighted by atomic mass is 15.3. The van der Waals surface area contributed by atoms with Crippen LogP contribution in [0, 0.1) is 0 Å². The zero-order chi connectivity index (χ0) is 14.7. The molecule has 1 unspecified atom stereocenters. The number of pyridine rings is 1. The van der Waals surface area contributed by atoms with E-state index in [4.69, 9.17) is 0 Å². The van der Waals surface area contributed by atoms with Crippen molar-refractivity contribution in [1.29, 1.82) is 0 Å². The van der Waals surface area contributed by atoms with Crippen LogP contribution < -0.4 is 5.32 Å². The minimum Gasteiger partial charge on any atom is -0.305 e. The molecule has 2 heterocycles. The Morgan fingerprint density at radius 2 is 2.05 bits per heavy atom. The zero-order valence-electron chi connectivity index (χ0n) is 12.5. The number of aromatic nitrogens is 3. The predicted octanol–water partition coefficient (Wildman–Crippen LogP) is 3.06. The lowest BCUT2D eigenvalue weighted by molar-refractivity contribution is 0.577. The van der Waals surface area contributed by atoms with Crippen molar-refractivity contribution >= 4 is 10.9 Å². The molecule has 0 aliphatic carbocycles. The van der Waals surface area contributed by atoms with E-state index in [0.29, 0.717) is 0 Å². The van der Waals surface area contributed by atoms with Gasteiger partial charge in [0.05, 0.1) is 17.3 Å². The van der Waals surface area contributed by atoms with E-state index in [9.17, 15) is 0 Å². The second kappa shape index (κ2) is 6.06. The first-order valence-electron chi connectivity index (χ1n) is 7.36. The van der Waals surface area contributed by atoms with Gasteiger partial charge in [0.1, 0.15) is 0 Å². The molecule has 4 heteroatoms. The van der Waals surface area contributed by atoms with E-state index < -0.39 is 0 Å². The maximum atomic E-state index is 4.57. The van der Waals surface area contributed by atoms with Crippen LogP contribution in [0.3, 0.4) is 0 Å². The number of nitrogens with zero attached hydrogens (tertiary/aromatic N) is 3. The molecule has 0 fully saturated rings. The molecule has 4 nitrogen and oxygen atoms in total. The van der Waals surface area contributed by atoms with E-state index in [2.05, 4.69) is 52.7 Å². The Hall–Kier alpha value is -2.20. The average molecular weight is 280 g/mol. The lowest BCUT2D eigenvalue weighted by Crippen LogP contribution is -2.24. The number of aryl methyl sites for hydroxylation is 1. The van der Waals surface area contributed by atoms with Gasteiger partial charge in [-0.3, -0.25) is 9.67 Å². The van der Waals surface area contributed by atoms with Crippen LogP contribution in [-0.2, 0) is 7.05 Å². The first kappa shape index (κ1) is 13.8. The van der Waals surface area contributed by atoms with Crippen LogP contribution in [0.15, 0.2) is 48.8 Å². The SMILES string of the molecule is CCCNC(c1ccn(C)n1)c1cccc2cccnc12. The number of fused-ring (bicyclic) bond motifs is 1. The first-order valence-corrected chi connectivity index (χ1v) is 7.36. The number of hydrogen-bond acceptors (Lipinski definition) is 3. The molecule has 3 rings (SSSR count). The molecule has 21 heavy (non-hydrogen) atoms. The standard InChI is InChI=1S/C17H20N4/c1-3-10-18-17(15-9-12-21(2)20-15)14-8-4-6-13-7-5-11-19-16(13)14/h4-9,11-12,17-18H,3,10H2,1-2H3. The van der Waals surface area contributed by atoms with Crippen molar-refractivity contribution in [1.82, 2.24) is 20.1 Å². The van der Waals surface area contributed by atoms with Gasteiger partial charge in [-0.1, -0.05) is 31.2 Å². The van der Waals surface area contributed by atoms with Crippen molar-refractivity contribution in [2.24, 2.45) is 7.05 Å². The normalized spacial score (nSPS) is 12.7. The lowest BCUT2D eigenvalue weighted by atomic mass is 10.00. The maximum absolute atomic E-state index is 4.57. The van der Waals surface area contributed by atoms with Crippen molar-refractivity contribution in [3.05, 3.63) is 60.0 Å². The summed E-state index contributed by atoms with van der Waals surface area (Å²) < 4.78 is 1.84. The molecule has 0 saturated heterocycles. The molecule has 0 aliphatic heterocycles. The molecule has 0 aliphatic rings. The fourth-order valence-corrected chi connectivity index (χ4v) is 2.61. The van der Waals surface area contributed by atoms with E-state index in [0.717, 1.165) is 29.6 Å². The quantitative estimate of drug-likeness (QED) is 0.781. The Morgan fingerprint density at radius 3 is 2.81 bits per heavy atom. The van der Waals surface area contributed by atoms with Crippen molar-refractivity contribution in [3.63, 3.8) is 0 Å². The molecular formula is C17H20N4. The van der Waals surface area contributed by atoms with Crippen LogP contribution in [0.25, 0.3) is 10.9 Å². The maximum Gasteiger partial charge on any atom is 0.0840 e. The predicted molar refractivity (Wildman–Crippen MR) is 85.1 cm³/mol. The number of para-hydroxylation sites is 1. The van der Waals surface area contributed by atoms with Crippen molar-refractivity contribution in [2.75, 3.05) is 6.54 Å². The van der Waals surface area contributed by atoms with Crippen molar-refractivity contribution in [3.8, 4) is 0 Å². The smallest absolute Gasteiger partial charge is 0.0840 e. The van der Waals surface area contributed by atoms with E-state index in [1.807, 2.05) is 30.2 Å². The van der Waals surface area contributed by atoms with Crippen LogP contribution in [0.2, 0.25) is 0 Å². The zero-order valence-corrected chi connectivity index (χ0v) is 12.5. The second-order valence-corrected chi connectivity index (χ2v) is 5.22. The summed E-state index contributed by atoms with van der Waals surface area (Å²) in [5.74, 6) is 0. The fraction of sp³-hybridized carbons (Fsp3) is 0.294. The Kier molecular flexibility index (Phi) is 3.97. The van der Waals surface area contributed by atoms with Gasteiger partial charge in [0.2, 0.25) is 0 Å². The third-order valence-electron chi connectivity index (χ3n) is 3.60. The molecule has 0 amide bonds. The summed E-state index contributed by atoms with van der Waals surface area (Å²) >= 11 is 0. The molecule has 0 spiro atoms. The van der Waals surface area contributed by atoms with Gasteiger partial charge >= 0.3 is 0 Å². The number of hydrogen-bond donors (Lipinski definition) is 1. The van der Waals surface area contributed by atoms with Crippen molar-refractivity contribution in [2.45, 2.75) is 19.4 Å². The molecule has 1 aromatic carbocycles. The molecule has 0 bridgehead atoms. The van der Waals surface area contributed by atoms with Gasteiger partial charge < -0.3 is 5.32 Å². The molecule has 0 saturated carbocycles. The molecule has 3 aromatic rings. The monoisotopic (exact) mass is 280 g/mol. The summed E-state index contributed by atoms with van der Waals surface area (Å²) in [5.41, 5.74) is 3.25. The second-order valence-electron chi connectivity index (χ2n) is 5.22. The Bertz CT molecular complexity index is 727. The number of benzene rings is 1. The van der Waals surface area contributed by atoms with Gasteiger partial charge in [-0.05, 0) is 25.1 Å². The summed E-state index contributed by atoms with van der Waals surface area (Å²) in [7, 11) is 1.95. The van der Waals surface area contributed by atoms with Gasteiger partial charge in [0, 0.05) is 30.4 Å². The van der Waals surface area contributed by atoms with Crippen molar-refractivity contribution < 1.29 is 0 Å². The lowest BCUT2D eigenvalue weighted by Gasteiger charge is -2.18. The summed E-state index contributed by atoms with van der Waals surface area (Å²) in [6.45, 7) is 3.12. The fourth-order valence-electron chi connectivity index (χ4n) is 2.61. The number of rotatable bonds is 5.